The van der Waals surface area contributed by atoms with Crippen LogP contribution in [0.3, 0.4) is 0 Å². The van der Waals surface area contributed by atoms with Gasteiger partial charge in [0, 0.05) is 12.3 Å². The molecule has 3 fully saturated rings. The van der Waals surface area contributed by atoms with E-state index in [9.17, 15) is 27.6 Å². The molecular formula is C34H48N4O8S. The summed E-state index contributed by atoms with van der Waals surface area (Å²) in [4.78, 5) is 55.8. The van der Waals surface area contributed by atoms with Crippen molar-refractivity contribution < 1.29 is 37.1 Å². The Morgan fingerprint density at radius 3 is 2.60 bits per heavy atom. The Morgan fingerprint density at radius 1 is 1.13 bits per heavy atom. The third-order valence-corrected chi connectivity index (χ3v) is 11.4. The zero-order valence-electron chi connectivity index (χ0n) is 27.2. The van der Waals surface area contributed by atoms with Crippen molar-refractivity contribution in [3.05, 3.63) is 42.5 Å². The lowest BCUT2D eigenvalue weighted by Crippen LogP contribution is -2.58. The third-order valence-electron chi connectivity index (χ3n) is 9.62. The number of rotatable bonds is 9. The Morgan fingerprint density at radius 2 is 1.87 bits per heavy atom. The summed E-state index contributed by atoms with van der Waals surface area (Å²) in [6, 6.07) is 5.83. The van der Waals surface area contributed by atoms with Gasteiger partial charge in [-0.3, -0.25) is 19.1 Å². The topological polar surface area (TPSA) is 160 Å². The molecule has 4 amide bonds. The number of para-hydroxylation sites is 1. The summed E-state index contributed by atoms with van der Waals surface area (Å²) in [5.41, 5.74) is -0.438. The zero-order chi connectivity index (χ0) is 33.6. The van der Waals surface area contributed by atoms with E-state index in [0.29, 0.717) is 31.4 Å². The summed E-state index contributed by atoms with van der Waals surface area (Å²) in [7, 11) is -3.85. The number of nitrogens with one attached hydrogen (secondary N) is 3. The van der Waals surface area contributed by atoms with E-state index >= 15 is 0 Å². The van der Waals surface area contributed by atoms with Gasteiger partial charge in [0.1, 0.15) is 29.5 Å². The lowest BCUT2D eigenvalue weighted by atomic mass is 10.0. The van der Waals surface area contributed by atoms with Crippen molar-refractivity contribution in [1.29, 1.82) is 0 Å². The molecule has 258 valence electrons. The van der Waals surface area contributed by atoms with Crippen LogP contribution in [0.15, 0.2) is 36.9 Å². The molecule has 1 aromatic carbocycles. The molecule has 5 atom stereocenters. The van der Waals surface area contributed by atoms with E-state index in [4.69, 9.17) is 9.47 Å². The number of benzene rings is 1. The quantitative estimate of drug-likeness (QED) is 0.336. The Hall–Kier alpha value is -3.61. The summed E-state index contributed by atoms with van der Waals surface area (Å²) in [5.74, 6) is -1.61. The predicted molar refractivity (Wildman–Crippen MR) is 175 cm³/mol. The van der Waals surface area contributed by atoms with Crippen molar-refractivity contribution in [2.75, 3.05) is 13.2 Å². The van der Waals surface area contributed by atoms with Crippen LogP contribution in [0, 0.1) is 5.92 Å². The van der Waals surface area contributed by atoms with E-state index in [0.717, 1.165) is 50.5 Å². The first-order chi connectivity index (χ1) is 22.6. The molecule has 2 aliphatic heterocycles. The molecule has 1 aromatic rings. The van der Waals surface area contributed by atoms with E-state index in [1.165, 1.54) is 11.0 Å². The highest BCUT2D eigenvalue weighted by Crippen LogP contribution is 2.45. The van der Waals surface area contributed by atoms with Gasteiger partial charge in [-0.05, 0) is 56.6 Å². The second-order valence-corrected chi connectivity index (χ2v) is 15.2. The van der Waals surface area contributed by atoms with Crippen molar-refractivity contribution in [3.8, 4) is 5.75 Å². The molecule has 0 spiro atoms. The maximum atomic E-state index is 14.2. The number of carbonyl (C=O) groups excluding carboxylic acids is 4. The second kappa shape index (κ2) is 15.1. The molecule has 0 radical (unpaired) electrons. The molecule has 4 aliphatic rings. The Kier molecular flexibility index (Phi) is 11.1. The number of nitrogens with zero attached hydrogens (tertiary/aromatic N) is 1. The number of aryl methyl sites for hydroxylation is 1. The number of amides is 4. The van der Waals surface area contributed by atoms with Gasteiger partial charge in [0.25, 0.3) is 5.91 Å². The van der Waals surface area contributed by atoms with E-state index < -0.39 is 68.7 Å². The van der Waals surface area contributed by atoms with Crippen LogP contribution in [0.2, 0.25) is 0 Å². The van der Waals surface area contributed by atoms with Gasteiger partial charge >= 0.3 is 6.09 Å². The van der Waals surface area contributed by atoms with Crippen LogP contribution in [0.5, 0.6) is 5.75 Å². The van der Waals surface area contributed by atoms with Crippen molar-refractivity contribution in [2.45, 2.75) is 119 Å². The maximum Gasteiger partial charge on any atom is 0.407 e. The molecule has 3 N–H and O–H groups in total. The van der Waals surface area contributed by atoms with E-state index in [2.05, 4.69) is 21.9 Å². The van der Waals surface area contributed by atoms with E-state index in [1.54, 1.807) is 0 Å². The fourth-order valence-corrected chi connectivity index (χ4v) is 7.93. The molecule has 2 saturated carbocycles. The lowest BCUT2D eigenvalue weighted by Gasteiger charge is -2.29. The molecule has 47 heavy (non-hydrogen) atoms. The number of cyclic esters (lactones) is 1. The third kappa shape index (κ3) is 8.46. The minimum atomic E-state index is -3.85. The van der Waals surface area contributed by atoms with Gasteiger partial charge in [-0.2, -0.15) is 0 Å². The van der Waals surface area contributed by atoms with Crippen molar-refractivity contribution >= 4 is 33.8 Å². The largest absolute Gasteiger partial charge is 0.488 e. The molecule has 2 heterocycles. The van der Waals surface area contributed by atoms with Crippen LogP contribution in [-0.2, 0) is 35.6 Å². The Bertz CT molecular complexity index is 1450. The molecule has 5 rings (SSSR count). The van der Waals surface area contributed by atoms with Crippen molar-refractivity contribution in [3.63, 3.8) is 0 Å². The fourth-order valence-electron chi connectivity index (χ4n) is 6.56. The number of hydrogen-bond acceptors (Lipinski definition) is 8. The van der Waals surface area contributed by atoms with Gasteiger partial charge in [-0.1, -0.05) is 63.3 Å². The molecule has 13 heteroatoms. The van der Waals surface area contributed by atoms with Gasteiger partial charge in [0.05, 0.1) is 18.4 Å². The Labute approximate surface area is 277 Å². The standard InChI is InChI=1S/C34H48N4O8S/c1-3-5-15-27-31(40)38-22-25(46-29-16-11-10-14-23(29)13-9-7-6-8-12-19-45-33(42)35-27)20-28(38)30(39)36-34(21-24(34)4-2)32(41)37-47(43,44)26-17-18-26/h4,10-11,14,16,24-28H,2-3,5-9,12-13,15,17-22H2,1H3,(H,35,42)(H,36,39)(H,37,41)/t24-,25+,27-,28-,34-/m0/s1. The van der Waals surface area contributed by atoms with Crippen molar-refractivity contribution in [2.24, 2.45) is 5.92 Å². The molecule has 2 bridgehead atoms. The maximum absolute atomic E-state index is 14.2. The second-order valence-electron chi connectivity index (χ2n) is 13.3. The number of unbranched alkanes of at least 4 members (excludes halogenated alkanes) is 1. The molecule has 1 saturated heterocycles. The summed E-state index contributed by atoms with van der Waals surface area (Å²) < 4.78 is 39.2. The smallest absolute Gasteiger partial charge is 0.407 e. The Balaban J connectivity index is 1.41. The number of fused-ring (bicyclic) bond motifs is 3. The van der Waals surface area contributed by atoms with Gasteiger partial charge in [0.2, 0.25) is 21.8 Å². The lowest BCUT2D eigenvalue weighted by molar-refractivity contribution is -0.141. The summed E-state index contributed by atoms with van der Waals surface area (Å²) >= 11 is 0. The molecular weight excluding hydrogens is 624 g/mol. The average Bonchev–Trinajstić information content (AvgIpc) is 3.97. The first kappa shape index (κ1) is 34.7. The summed E-state index contributed by atoms with van der Waals surface area (Å²) in [5, 5.41) is 4.93. The van der Waals surface area contributed by atoms with Crippen molar-refractivity contribution in [1.82, 2.24) is 20.3 Å². The summed E-state index contributed by atoms with van der Waals surface area (Å²) in [6.07, 6.45) is 8.88. The number of carbonyl (C=O) groups is 4. The van der Waals surface area contributed by atoms with Gasteiger partial charge in [-0.15, -0.1) is 6.58 Å². The highest BCUT2D eigenvalue weighted by molar-refractivity contribution is 7.91. The number of hydrogen-bond donors (Lipinski definition) is 3. The highest BCUT2D eigenvalue weighted by atomic mass is 32.2. The van der Waals surface area contributed by atoms with Gasteiger partial charge in [-0.25, -0.2) is 13.2 Å². The molecule has 0 aromatic heterocycles. The first-order valence-corrected chi connectivity index (χ1v) is 18.6. The van der Waals surface area contributed by atoms with Crippen LogP contribution in [0.4, 0.5) is 4.79 Å². The minimum Gasteiger partial charge on any atom is -0.488 e. The molecule has 0 unspecified atom stereocenters. The predicted octanol–water partition coefficient (Wildman–Crippen LogP) is 3.50. The van der Waals surface area contributed by atoms with Crippen LogP contribution in [0.25, 0.3) is 0 Å². The van der Waals surface area contributed by atoms with Gasteiger partial charge in [0.15, 0.2) is 0 Å². The SMILES string of the molecule is C=C[C@H]1C[C@@]1(NC(=O)[C@@H]1C[C@@H]2CN1C(=O)[C@H](CCCC)NC(=O)OCCCCCCCc1ccccc1O2)C(=O)NS(=O)(=O)C1CC1. The normalized spacial score (nSPS) is 28.7. The van der Waals surface area contributed by atoms with Crippen LogP contribution >= 0.6 is 0 Å². The average molecular weight is 673 g/mol. The number of sulfonamides is 1. The van der Waals surface area contributed by atoms with Crippen LogP contribution < -0.4 is 20.1 Å². The first-order valence-electron chi connectivity index (χ1n) is 17.1. The molecule has 2 aliphatic carbocycles. The van der Waals surface area contributed by atoms with E-state index in [-0.39, 0.29) is 26.0 Å². The molecule has 12 nitrogen and oxygen atoms in total. The highest BCUT2D eigenvalue weighted by Gasteiger charge is 2.62. The number of ether oxygens (including phenoxy) is 2. The minimum absolute atomic E-state index is 0.0880. The fraction of sp³-hybridized carbons (Fsp3) is 0.647. The van der Waals surface area contributed by atoms with Crippen LogP contribution in [0.1, 0.15) is 89.5 Å². The number of alkyl carbamates (subject to hydrolysis) is 1. The van der Waals surface area contributed by atoms with Crippen LogP contribution in [-0.4, -0.2) is 79.3 Å². The van der Waals surface area contributed by atoms with E-state index in [1.807, 2.05) is 31.2 Å². The van der Waals surface area contributed by atoms with Gasteiger partial charge < -0.3 is 25.0 Å². The zero-order valence-corrected chi connectivity index (χ0v) is 28.0. The summed E-state index contributed by atoms with van der Waals surface area (Å²) in [6.45, 7) is 6.09. The monoisotopic (exact) mass is 672 g/mol.